The maximum Gasteiger partial charge on any atom is 0.407 e. The number of amides is 1. The summed E-state index contributed by atoms with van der Waals surface area (Å²) in [4.78, 5) is 22.6. The van der Waals surface area contributed by atoms with E-state index < -0.39 is 53.1 Å². The normalized spacial score (nSPS) is 24.6. The highest BCUT2D eigenvalue weighted by atomic mass is 32.2. The Morgan fingerprint density at radius 2 is 1.91 bits per heavy atom. The number of aryl methyl sites for hydroxylation is 1. The van der Waals surface area contributed by atoms with Crippen molar-refractivity contribution in [3.05, 3.63) is 64.1 Å². The average Bonchev–Trinajstić information content (AvgIpc) is 3.42. The van der Waals surface area contributed by atoms with E-state index in [9.17, 15) is 18.3 Å². The summed E-state index contributed by atoms with van der Waals surface area (Å²) in [6.45, 7) is 4.65. The van der Waals surface area contributed by atoms with Gasteiger partial charge in [-0.05, 0) is 82.3 Å². The number of aliphatic hydroxyl groups excluding tert-OH is 1. The van der Waals surface area contributed by atoms with Crippen LogP contribution in [0.1, 0.15) is 49.4 Å². The number of ether oxygens (including phenoxy) is 4. The van der Waals surface area contributed by atoms with Crippen LogP contribution in [0.3, 0.4) is 0 Å². The Hall–Kier alpha value is -3.45. The molecule has 7 atom stereocenters. The number of hydrogen-bond donors (Lipinski definition) is 3. The molecule has 2 aromatic carbocycles. The van der Waals surface area contributed by atoms with Crippen LogP contribution in [0.25, 0.3) is 10.2 Å². The second-order valence-corrected chi connectivity index (χ2v) is 19.7. The van der Waals surface area contributed by atoms with Gasteiger partial charge in [0.2, 0.25) is 10.0 Å². The second-order valence-electron chi connectivity index (χ2n) is 15.6. The second kappa shape index (κ2) is 15.5. The lowest BCUT2D eigenvalue weighted by molar-refractivity contribution is -0.169. The van der Waals surface area contributed by atoms with Gasteiger partial charge in [0.05, 0.1) is 51.2 Å². The van der Waals surface area contributed by atoms with Crippen molar-refractivity contribution in [2.75, 3.05) is 31.6 Å². The smallest absolute Gasteiger partial charge is 0.407 e. The van der Waals surface area contributed by atoms with E-state index in [1.807, 2.05) is 24.4 Å². The van der Waals surface area contributed by atoms with Crippen molar-refractivity contribution in [2.24, 2.45) is 17.8 Å². The number of aliphatic hydroxyl groups is 1. The molecule has 0 radical (unpaired) electrons. The first kappa shape index (κ1) is 38.4. The number of anilines is 1. The van der Waals surface area contributed by atoms with Crippen molar-refractivity contribution in [1.82, 2.24) is 19.6 Å². The molecule has 0 spiro atoms. The zero-order chi connectivity index (χ0) is 38.5. The maximum absolute atomic E-state index is 15.4. The van der Waals surface area contributed by atoms with Crippen LogP contribution < -0.4 is 15.4 Å². The standard InChI is InChI=1S/C38H46FN5O8S3/c1-21-40-25(19-53-21)17-49-26-8-4-22(5-9-26)12-31(43-37(46)52-34-23-13-28-29(34)18-51-35(28)50-16-23)32(45)15-44(20-38(2,3)39)55(47,48)27-10-11-30-33(14-27)54-36(42-30)41-24-6-7-24/h4-5,8-11,14,19,23-24,28-29,31-32,34-35,45H,6-7,12-13,15-18,20H2,1-3H3,(H,41,42)(H,43,46)/t23?,28?,29?,31-,32+,34?,35?/m0/s1. The van der Waals surface area contributed by atoms with Crippen molar-refractivity contribution >= 4 is 54.1 Å². The number of nitrogens with zero attached hydrogens (tertiary/aromatic N) is 3. The number of carbonyl (C=O) groups is 1. The average molecular weight is 816 g/mol. The van der Waals surface area contributed by atoms with E-state index in [0.29, 0.717) is 47.0 Å². The predicted molar refractivity (Wildman–Crippen MR) is 206 cm³/mol. The molecule has 2 aliphatic heterocycles. The molecule has 2 aliphatic carbocycles. The van der Waals surface area contributed by atoms with E-state index >= 15 is 4.39 Å². The molecule has 2 bridgehead atoms. The number of aromatic nitrogens is 2. The summed E-state index contributed by atoms with van der Waals surface area (Å²) in [6.07, 6.45) is 0.198. The van der Waals surface area contributed by atoms with Crippen LogP contribution in [0.5, 0.6) is 5.75 Å². The largest absolute Gasteiger partial charge is 0.487 e. The summed E-state index contributed by atoms with van der Waals surface area (Å²) >= 11 is 2.90. The van der Waals surface area contributed by atoms with Crippen LogP contribution >= 0.6 is 22.7 Å². The van der Waals surface area contributed by atoms with E-state index in [1.165, 1.54) is 37.3 Å². The lowest BCUT2D eigenvalue weighted by Gasteiger charge is -2.32. The third-order valence-corrected chi connectivity index (χ3v) is 14.2. The van der Waals surface area contributed by atoms with Crippen molar-refractivity contribution in [3.63, 3.8) is 0 Å². The monoisotopic (exact) mass is 815 g/mol. The Bertz CT molecular complexity index is 2100. The fourth-order valence-electron chi connectivity index (χ4n) is 7.73. The van der Waals surface area contributed by atoms with Gasteiger partial charge >= 0.3 is 6.09 Å². The number of nitrogens with one attached hydrogen (secondary N) is 2. The molecule has 4 heterocycles. The van der Waals surface area contributed by atoms with Crippen LogP contribution in [0, 0.1) is 24.7 Å². The Labute approximate surface area is 327 Å². The number of halogens is 1. The molecule has 5 unspecified atom stereocenters. The van der Waals surface area contributed by atoms with Gasteiger partial charge in [0.1, 0.15) is 24.1 Å². The first-order valence-electron chi connectivity index (χ1n) is 18.6. The fourth-order valence-corrected chi connectivity index (χ4v) is 11.0. The summed E-state index contributed by atoms with van der Waals surface area (Å²) in [5.74, 6) is 0.817. The molecule has 17 heteroatoms. The number of alkyl carbamates (subject to hydrolysis) is 1. The molecular formula is C38H46FN5O8S3. The number of rotatable bonds is 16. The van der Waals surface area contributed by atoms with Crippen LogP contribution in [-0.2, 0) is 37.3 Å². The molecule has 2 aromatic heterocycles. The topological polar surface area (TPSA) is 161 Å². The molecule has 4 aromatic rings. The van der Waals surface area contributed by atoms with Crippen molar-refractivity contribution in [1.29, 1.82) is 0 Å². The summed E-state index contributed by atoms with van der Waals surface area (Å²) in [7, 11) is -4.33. The fraction of sp³-hybridized carbons (Fsp3) is 0.553. The molecule has 296 valence electrons. The predicted octanol–water partition coefficient (Wildman–Crippen LogP) is 5.66. The highest BCUT2D eigenvalue weighted by molar-refractivity contribution is 7.89. The van der Waals surface area contributed by atoms with Crippen LogP contribution in [0.2, 0.25) is 0 Å². The highest BCUT2D eigenvalue weighted by Crippen LogP contribution is 2.49. The highest BCUT2D eigenvalue weighted by Gasteiger charge is 2.56. The molecule has 4 aliphatic rings. The van der Waals surface area contributed by atoms with E-state index in [1.54, 1.807) is 29.5 Å². The van der Waals surface area contributed by atoms with E-state index in [2.05, 4.69) is 20.6 Å². The van der Waals surface area contributed by atoms with Gasteiger partial charge in [0.15, 0.2) is 11.4 Å². The Balaban J connectivity index is 1.01. The van der Waals surface area contributed by atoms with Crippen LogP contribution in [0.15, 0.2) is 52.7 Å². The molecule has 2 saturated carbocycles. The van der Waals surface area contributed by atoms with E-state index in [-0.39, 0.29) is 35.4 Å². The SMILES string of the molecule is Cc1nc(COc2ccc(C[C@H](NC(=O)OC3C4COC5OCC3C5C4)[C@H](O)CN(CC(C)(C)F)S(=O)(=O)c3ccc4nc(NC5CC5)sc4c3)cc2)cs1. The number of hydrogen-bond acceptors (Lipinski definition) is 13. The minimum absolute atomic E-state index is 0.0104. The van der Waals surface area contributed by atoms with Gasteiger partial charge in [-0.2, -0.15) is 4.31 Å². The van der Waals surface area contributed by atoms with Gasteiger partial charge < -0.3 is 34.7 Å². The summed E-state index contributed by atoms with van der Waals surface area (Å²) in [5.41, 5.74) is 0.277. The maximum atomic E-state index is 15.4. The van der Waals surface area contributed by atoms with Gasteiger partial charge in [-0.15, -0.1) is 11.3 Å². The zero-order valence-electron chi connectivity index (χ0n) is 30.9. The van der Waals surface area contributed by atoms with Gasteiger partial charge in [-0.3, -0.25) is 0 Å². The molecular weight excluding hydrogens is 770 g/mol. The Kier molecular flexibility index (Phi) is 10.8. The minimum atomic E-state index is -4.33. The van der Waals surface area contributed by atoms with Crippen molar-refractivity contribution in [2.45, 2.75) is 94.2 Å². The first-order chi connectivity index (χ1) is 26.3. The third-order valence-electron chi connectivity index (χ3n) is 10.6. The zero-order valence-corrected chi connectivity index (χ0v) is 33.3. The number of fused-ring (bicyclic) bond motifs is 2. The summed E-state index contributed by atoms with van der Waals surface area (Å²) < 4.78 is 69.0. The number of carbonyl (C=O) groups excluding carboxylic acids is 1. The molecule has 4 fully saturated rings. The quantitative estimate of drug-likeness (QED) is 0.128. The van der Waals surface area contributed by atoms with Gasteiger partial charge in [0, 0.05) is 42.3 Å². The molecule has 2 saturated heterocycles. The van der Waals surface area contributed by atoms with E-state index in [0.717, 1.165) is 39.8 Å². The molecule has 3 N–H and O–H groups in total. The summed E-state index contributed by atoms with van der Waals surface area (Å²) in [6, 6.07) is 11.2. The molecule has 55 heavy (non-hydrogen) atoms. The third kappa shape index (κ3) is 8.92. The van der Waals surface area contributed by atoms with Gasteiger partial charge in [0.25, 0.3) is 0 Å². The molecule has 1 amide bonds. The van der Waals surface area contributed by atoms with Crippen LogP contribution in [0.4, 0.5) is 14.3 Å². The van der Waals surface area contributed by atoms with Gasteiger partial charge in [-0.25, -0.2) is 27.6 Å². The first-order valence-corrected chi connectivity index (χ1v) is 21.8. The van der Waals surface area contributed by atoms with Crippen molar-refractivity contribution in [3.8, 4) is 5.75 Å². The Morgan fingerprint density at radius 3 is 2.64 bits per heavy atom. The lowest BCUT2D eigenvalue weighted by Crippen LogP contribution is -2.53. The van der Waals surface area contributed by atoms with Crippen molar-refractivity contribution < 1.29 is 41.7 Å². The Morgan fingerprint density at radius 1 is 1.13 bits per heavy atom. The van der Waals surface area contributed by atoms with Crippen LogP contribution in [-0.4, -0.2) is 96.4 Å². The lowest BCUT2D eigenvalue weighted by atomic mass is 9.98. The number of benzene rings is 2. The molecule has 13 nitrogen and oxygen atoms in total. The minimum Gasteiger partial charge on any atom is -0.487 e. The molecule has 8 rings (SSSR count). The van der Waals surface area contributed by atoms with E-state index in [4.69, 9.17) is 18.9 Å². The van der Waals surface area contributed by atoms with Gasteiger partial charge in [-0.1, -0.05) is 23.5 Å². The number of sulfonamides is 1. The number of alkyl halides is 1. The summed E-state index contributed by atoms with van der Waals surface area (Å²) in [5, 5.41) is 21.7. The number of thiazole rings is 2.